The Balaban J connectivity index is 1.85. The molecule has 0 aliphatic heterocycles. The van der Waals surface area contributed by atoms with E-state index in [2.05, 4.69) is 5.32 Å². The SMILES string of the molecule is O=C(NCC(=O)c1c(Cl)cccc1Cl)OCc1ccccc1. The zero-order valence-electron chi connectivity index (χ0n) is 11.5. The van der Waals surface area contributed by atoms with Gasteiger partial charge < -0.3 is 10.1 Å². The van der Waals surface area contributed by atoms with E-state index in [-0.39, 0.29) is 34.5 Å². The number of Topliss-reactive ketones (excluding diaryl/α,β-unsaturated/α-hetero) is 1. The van der Waals surface area contributed by atoms with Crippen LogP contribution in [0.5, 0.6) is 0 Å². The molecule has 0 radical (unpaired) electrons. The molecule has 1 N–H and O–H groups in total. The van der Waals surface area contributed by atoms with Crippen LogP contribution >= 0.6 is 23.2 Å². The summed E-state index contributed by atoms with van der Waals surface area (Å²) in [5.74, 6) is -0.382. The van der Waals surface area contributed by atoms with Crippen LogP contribution in [0.2, 0.25) is 10.0 Å². The maximum Gasteiger partial charge on any atom is 0.407 e. The minimum Gasteiger partial charge on any atom is -0.445 e. The van der Waals surface area contributed by atoms with Gasteiger partial charge in [-0.1, -0.05) is 59.6 Å². The first-order valence-electron chi connectivity index (χ1n) is 6.49. The van der Waals surface area contributed by atoms with Gasteiger partial charge in [-0.3, -0.25) is 4.79 Å². The summed E-state index contributed by atoms with van der Waals surface area (Å²) in [6.07, 6.45) is -0.680. The molecular weight excluding hydrogens is 325 g/mol. The average Bonchev–Trinajstić information content (AvgIpc) is 2.52. The summed E-state index contributed by atoms with van der Waals surface area (Å²) in [5, 5.41) is 2.87. The van der Waals surface area contributed by atoms with Gasteiger partial charge in [-0.25, -0.2) is 4.79 Å². The zero-order valence-corrected chi connectivity index (χ0v) is 13.0. The Morgan fingerprint density at radius 1 is 0.955 bits per heavy atom. The van der Waals surface area contributed by atoms with E-state index in [9.17, 15) is 9.59 Å². The van der Waals surface area contributed by atoms with Crippen molar-refractivity contribution in [3.63, 3.8) is 0 Å². The molecule has 0 spiro atoms. The van der Waals surface area contributed by atoms with Crippen LogP contribution in [-0.2, 0) is 11.3 Å². The van der Waals surface area contributed by atoms with Crippen molar-refractivity contribution >= 4 is 35.1 Å². The Hall–Kier alpha value is -2.04. The fraction of sp³-hybridized carbons (Fsp3) is 0.125. The van der Waals surface area contributed by atoms with Gasteiger partial charge in [0.15, 0.2) is 5.78 Å². The standard InChI is InChI=1S/C16H13Cl2NO3/c17-12-7-4-8-13(18)15(12)14(20)9-19-16(21)22-10-11-5-2-1-3-6-11/h1-8H,9-10H2,(H,19,21). The third-order valence-corrected chi connectivity index (χ3v) is 3.48. The summed E-state index contributed by atoms with van der Waals surface area (Å²) in [4.78, 5) is 23.6. The van der Waals surface area contributed by atoms with Gasteiger partial charge in [-0.05, 0) is 17.7 Å². The number of nitrogens with one attached hydrogen (secondary N) is 1. The second kappa shape index (κ2) is 7.82. The first kappa shape index (κ1) is 16.3. The Kier molecular flexibility index (Phi) is 5.81. The highest BCUT2D eigenvalue weighted by Crippen LogP contribution is 2.24. The van der Waals surface area contributed by atoms with Crippen molar-refractivity contribution in [3.05, 3.63) is 69.7 Å². The molecule has 2 aromatic rings. The summed E-state index contributed by atoms with van der Waals surface area (Å²) < 4.78 is 5.01. The molecular formula is C16H13Cl2NO3. The van der Waals surface area contributed by atoms with Crippen molar-refractivity contribution < 1.29 is 14.3 Å². The summed E-state index contributed by atoms with van der Waals surface area (Å²) in [6.45, 7) is -0.106. The number of benzene rings is 2. The zero-order chi connectivity index (χ0) is 15.9. The molecule has 0 aliphatic carbocycles. The number of halogens is 2. The Morgan fingerprint density at radius 3 is 2.23 bits per heavy atom. The Morgan fingerprint density at radius 2 is 1.59 bits per heavy atom. The van der Waals surface area contributed by atoms with Crippen LogP contribution < -0.4 is 5.32 Å². The van der Waals surface area contributed by atoms with E-state index in [1.54, 1.807) is 18.2 Å². The average molecular weight is 338 g/mol. The fourth-order valence-corrected chi connectivity index (χ4v) is 2.39. The Labute approximate surface area is 138 Å². The first-order valence-corrected chi connectivity index (χ1v) is 7.25. The number of alkyl carbamates (subject to hydrolysis) is 1. The van der Waals surface area contributed by atoms with Crippen molar-refractivity contribution in [1.29, 1.82) is 0 Å². The summed E-state index contributed by atoms with van der Waals surface area (Å²) in [5.41, 5.74) is 1.05. The second-order valence-corrected chi connectivity index (χ2v) is 5.25. The lowest BCUT2D eigenvalue weighted by Crippen LogP contribution is -2.30. The van der Waals surface area contributed by atoms with Crippen LogP contribution in [0.25, 0.3) is 0 Å². The lowest BCUT2D eigenvalue weighted by atomic mass is 10.1. The Bertz CT molecular complexity index is 654. The summed E-state index contributed by atoms with van der Waals surface area (Å²) in [7, 11) is 0. The molecule has 0 fully saturated rings. The second-order valence-electron chi connectivity index (χ2n) is 4.44. The molecule has 1 amide bonds. The topological polar surface area (TPSA) is 55.4 Å². The number of ketones is 1. The minimum atomic E-state index is -0.680. The summed E-state index contributed by atoms with van der Waals surface area (Å²) in [6, 6.07) is 14.0. The largest absolute Gasteiger partial charge is 0.445 e. The van der Waals surface area contributed by atoms with E-state index in [1.807, 2.05) is 30.3 Å². The lowest BCUT2D eigenvalue weighted by Gasteiger charge is -2.08. The quantitative estimate of drug-likeness (QED) is 0.835. The van der Waals surface area contributed by atoms with E-state index < -0.39 is 6.09 Å². The molecule has 2 aromatic carbocycles. The van der Waals surface area contributed by atoms with Gasteiger partial charge in [0.2, 0.25) is 0 Å². The smallest absolute Gasteiger partial charge is 0.407 e. The normalized spacial score (nSPS) is 10.1. The molecule has 0 saturated carbocycles. The van der Waals surface area contributed by atoms with Crippen LogP contribution in [0.15, 0.2) is 48.5 Å². The molecule has 4 nitrogen and oxygen atoms in total. The molecule has 0 bridgehead atoms. The molecule has 0 unspecified atom stereocenters. The van der Waals surface area contributed by atoms with Gasteiger partial charge in [0.05, 0.1) is 22.2 Å². The fourth-order valence-electron chi connectivity index (χ4n) is 1.78. The van der Waals surface area contributed by atoms with E-state index in [4.69, 9.17) is 27.9 Å². The van der Waals surface area contributed by atoms with Gasteiger partial charge in [0.25, 0.3) is 0 Å². The number of carbonyl (C=O) groups excluding carboxylic acids is 2. The molecule has 0 saturated heterocycles. The molecule has 22 heavy (non-hydrogen) atoms. The number of ether oxygens (including phenoxy) is 1. The van der Waals surface area contributed by atoms with E-state index in [1.165, 1.54) is 0 Å². The molecule has 6 heteroatoms. The molecule has 0 aliphatic rings. The van der Waals surface area contributed by atoms with Crippen LogP contribution in [0, 0.1) is 0 Å². The molecule has 0 aromatic heterocycles. The van der Waals surface area contributed by atoms with Gasteiger partial charge in [0, 0.05) is 0 Å². The maximum absolute atomic E-state index is 12.0. The first-order chi connectivity index (χ1) is 10.6. The van der Waals surface area contributed by atoms with Crippen molar-refractivity contribution in [3.8, 4) is 0 Å². The van der Waals surface area contributed by atoms with Crippen molar-refractivity contribution in [1.82, 2.24) is 5.32 Å². The third kappa shape index (κ3) is 4.48. The monoisotopic (exact) mass is 337 g/mol. The number of amides is 1. The van der Waals surface area contributed by atoms with Crippen molar-refractivity contribution in [2.75, 3.05) is 6.54 Å². The molecule has 0 atom stereocenters. The third-order valence-electron chi connectivity index (χ3n) is 2.85. The van der Waals surface area contributed by atoms with Crippen LogP contribution in [-0.4, -0.2) is 18.4 Å². The van der Waals surface area contributed by atoms with Crippen molar-refractivity contribution in [2.24, 2.45) is 0 Å². The maximum atomic E-state index is 12.0. The highest BCUT2D eigenvalue weighted by Gasteiger charge is 2.15. The number of hydrogen-bond donors (Lipinski definition) is 1. The number of carbonyl (C=O) groups is 2. The lowest BCUT2D eigenvalue weighted by molar-refractivity contribution is 0.0974. The van der Waals surface area contributed by atoms with Crippen LogP contribution in [0.4, 0.5) is 4.79 Å². The molecule has 2 rings (SSSR count). The molecule has 114 valence electrons. The van der Waals surface area contributed by atoms with Gasteiger partial charge in [-0.15, -0.1) is 0 Å². The minimum absolute atomic E-state index is 0.133. The van der Waals surface area contributed by atoms with Crippen LogP contribution in [0.1, 0.15) is 15.9 Å². The molecule has 0 heterocycles. The van der Waals surface area contributed by atoms with E-state index >= 15 is 0 Å². The predicted molar refractivity (Wildman–Crippen MR) is 85.4 cm³/mol. The highest BCUT2D eigenvalue weighted by molar-refractivity contribution is 6.40. The van der Waals surface area contributed by atoms with Crippen LogP contribution in [0.3, 0.4) is 0 Å². The van der Waals surface area contributed by atoms with E-state index in [0.717, 1.165) is 5.56 Å². The van der Waals surface area contributed by atoms with E-state index in [0.29, 0.717) is 0 Å². The number of hydrogen-bond acceptors (Lipinski definition) is 3. The highest BCUT2D eigenvalue weighted by atomic mass is 35.5. The van der Waals surface area contributed by atoms with Gasteiger partial charge in [-0.2, -0.15) is 0 Å². The predicted octanol–water partition coefficient (Wildman–Crippen LogP) is 4.10. The summed E-state index contributed by atoms with van der Waals surface area (Å²) >= 11 is 11.9. The van der Waals surface area contributed by atoms with Crippen molar-refractivity contribution in [2.45, 2.75) is 6.61 Å². The van der Waals surface area contributed by atoms with Gasteiger partial charge in [0.1, 0.15) is 6.61 Å². The van der Waals surface area contributed by atoms with Gasteiger partial charge >= 0.3 is 6.09 Å². The number of rotatable bonds is 5.